The fourth-order valence-corrected chi connectivity index (χ4v) is 2.68. The Morgan fingerprint density at radius 2 is 2.14 bits per heavy atom. The summed E-state index contributed by atoms with van der Waals surface area (Å²) in [5.74, 6) is -1.83. The van der Waals surface area contributed by atoms with Gasteiger partial charge in [-0.3, -0.25) is 14.9 Å². The molecule has 0 unspecified atom stereocenters. The Morgan fingerprint density at radius 1 is 1.41 bits per heavy atom. The number of aromatic carboxylic acids is 1. The number of carboxylic acid groups (broad SMARTS) is 1. The molecule has 2 N–H and O–H groups in total. The minimum atomic E-state index is -1.40. The standard InChI is InChI=1S/C13H9ClN2O5S/c14-9-6-10(8(13(18)19)5-11(9)16(20)21)15-12(17)4-7-2-1-3-22-7/h1-3,5-6H,4H2,(H,15,17)(H,18,19). The topological polar surface area (TPSA) is 110 Å². The molecule has 0 atom stereocenters. The van der Waals surface area contributed by atoms with Gasteiger partial charge in [0, 0.05) is 10.9 Å². The molecule has 1 aromatic carbocycles. The van der Waals surface area contributed by atoms with Crippen LogP contribution in [0, 0.1) is 10.1 Å². The zero-order valence-corrected chi connectivity index (χ0v) is 12.5. The molecule has 2 rings (SSSR count). The van der Waals surface area contributed by atoms with Crippen LogP contribution in [0.15, 0.2) is 29.6 Å². The highest BCUT2D eigenvalue weighted by atomic mass is 35.5. The van der Waals surface area contributed by atoms with Crippen molar-refractivity contribution in [3.05, 3.63) is 55.2 Å². The van der Waals surface area contributed by atoms with Gasteiger partial charge in [-0.1, -0.05) is 17.7 Å². The summed E-state index contributed by atoms with van der Waals surface area (Å²) in [6, 6.07) is 5.45. The third-order valence-corrected chi connectivity index (χ3v) is 3.88. The molecule has 0 radical (unpaired) electrons. The van der Waals surface area contributed by atoms with E-state index in [9.17, 15) is 19.7 Å². The summed E-state index contributed by atoms with van der Waals surface area (Å²) in [5, 5.41) is 23.9. The molecular weight excluding hydrogens is 332 g/mol. The number of halogens is 1. The molecule has 7 nitrogen and oxygen atoms in total. The molecule has 9 heteroatoms. The second-order valence-corrected chi connectivity index (χ2v) is 5.66. The first kappa shape index (κ1) is 15.9. The Hall–Kier alpha value is -2.45. The molecular formula is C13H9ClN2O5S. The summed E-state index contributed by atoms with van der Waals surface area (Å²) < 4.78 is 0. The highest BCUT2D eigenvalue weighted by Gasteiger charge is 2.21. The predicted octanol–water partition coefficient (Wildman–Crippen LogP) is 3.19. The van der Waals surface area contributed by atoms with Gasteiger partial charge >= 0.3 is 5.97 Å². The van der Waals surface area contributed by atoms with Crippen LogP contribution >= 0.6 is 22.9 Å². The third kappa shape index (κ3) is 3.60. The van der Waals surface area contributed by atoms with Gasteiger partial charge in [-0.2, -0.15) is 0 Å². The van der Waals surface area contributed by atoms with E-state index in [4.69, 9.17) is 16.7 Å². The lowest BCUT2D eigenvalue weighted by Gasteiger charge is -2.09. The Kier molecular flexibility index (Phi) is 4.74. The molecule has 0 aliphatic rings. The highest BCUT2D eigenvalue weighted by Crippen LogP contribution is 2.31. The molecule has 0 fully saturated rings. The van der Waals surface area contributed by atoms with Crippen molar-refractivity contribution in [1.29, 1.82) is 0 Å². The maximum atomic E-state index is 11.9. The Morgan fingerprint density at radius 3 is 2.68 bits per heavy atom. The van der Waals surface area contributed by atoms with E-state index in [-0.39, 0.29) is 17.1 Å². The number of rotatable bonds is 5. The zero-order valence-electron chi connectivity index (χ0n) is 10.9. The number of carbonyl (C=O) groups excluding carboxylic acids is 1. The molecule has 1 amide bonds. The Bertz CT molecular complexity index is 745. The normalized spacial score (nSPS) is 10.2. The Balaban J connectivity index is 2.29. The van der Waals surface area contributed by atoms with Gasteiger partial charge in [0.1, 0.15) is 5.02 Å². The number of hydrogen-bond acceptors (Lipinski definition) is 5. The molecule has 2 aromatic rings. The van der Waals surface area contributed by atoms with E-state index >= 15 is 0 Å². The van der Waals surface area contributed by atoms with Crippen LogP contribution in [-0.2, 0) is 11.2 Å². The number of carbonyl (C=O) groups is 2. The van der Waals surface area contributed by atoms with Crippen LogP contribution in [0.1, 0.15) is 15.2 Å². The number of benzene rings is 1. The average molecular weight is 341 g/mol. The molecule has 1 aromatic heterocycles. The molecule has 0 saturated heterocycles. The van der Waals surface area contributed by atoms with E-state index in [1.54, 1.807) is 12.1 Å². The summed E-state index contributed by atoms with van der Waals surface area (Å²) in [4.78, 5) is 33.9. The largest absolute Gasteiger partial charge is 0.478 e. The van der Waals surface area contributed by atoms with Crippen molar-refractivity contribution in [2.24, 2.45) is 0 Å². The van der Waals surface area contributed by atoms with Crippen LogP contribution in [0.3, 0.4) is 0 Å². The van der Waals surface area contributed by atoms with Gasteiger partial charge in [-0.15, -0.1) is 11.3 Å². The van der Waals surface area contributed by atoms with Gasteiger partial charge in [-0.25, -0.2) is 4.79 Å². The number of thiophene rings is 1. The number of amides is 1. The first-order valence-corrected chi connectivity index (χ1v) is 7.17. The second kappa shape index (κ2) is 6.54. The van der Waals surface area contributed by atoms with Crippen molar-refractivity contribution >= 4 is 46.2 Å². The number of nitro groups is 1. The molecule has 0 aliphatic heterocycles. The molecule has 0 aliphatic carbocycles. The first-order valence-electron chi connectivity index (χ1n) is 5.92. The minimum Gasteiger partial charge on any atom is -0.478 e. The number of hydrogen-bond donors (Lipinski definition) is 2. The number of carboxylic acids is 1. The number of anilines is 1. The summed E-state index contributed by atoms with van der Waals surface area (Å²) in [6.45, 7) is 0. The lowest BCUT2D eigenvalue weighted by molar-refractivity contribution is -0.384. The molecule has 114 valence electrons. The number of nitrogens with one attached hydrogen (secondary N) is 1. The van der Waals surface area contributed by atoms with Crippen molar-refractivity contribution in [2.75, 3.05) is 5.32 Å². The predicted molar refractivity (Wildman–Crippen MR) is 81.7 cm³/mol. The fourth-order valence-electron chi connectivity index (χ4n) is 1.75. The van der Waals surface area contributed by atoms with Gasteiger partial charge in [0.15, 0.2) is 0 Å². The van der Waals surface area contributed by atoms with Gasteiger partial charge < -0.3 is 10.4 Å². The fraction of sp³-hybridized carbons (Fsp3) is 0.0769. The van der Waals surface area contributed by atoms with E-state index in [1.807, 2.05) is 5.38 Å². The number of nitro benzene ring substituents is 1. The lowest BCUT2D eigenvalue weighted by atomic mass is 10.1. The van der Waals surface area contributed by atoms with Gasteiger partial charge in [0.25, 0.3) is 5.69 Å². The molecule has 22 heavy (non-hydrogen) atoms. The van der Waals surface area contributed by atoms with E-state index in [0.29, 0.717) is 0 Å². The third-order valence-electron chi connectivity index (χ3n) is 2.70. The highest BCUT2D eigenvalue weighted by molar-refractivity contribution is 7.10. The van der Waals surface area contributed by atoms with Crippen molar-refractivity contribution in [3.8, 4) is 0 Å². The molecule has 0 saturated carbocycles. The van der Waals surface area contributed by atoms with E-state index in [0.717, 1.165) is 17.0 Å². The molecule has 0 spiro atoms. The summed E-state index contributed by atoms with van der Waals surface area (Å²) in [7, 11) is 0. The van der Waals surface area contributed by atoms with Crippen LogP contribution in [0.25, 0.3) is 0 Å². The maximum absolute atomic E-state index is 11.9. The van der Waals surface area contributed by atoms with Crippen molar-refractivity contribution in [1.82, 2.24) is 0 Å². The maximum Gasteiger partial charge on any atom is 0.338 e. The van der Waals surface area contributed by atoms with Crippen molar-refractivity contribution in [2.45, 2.75) is 6.42 Å². The van der Waals surface area contributed by atoms with Gasteiger partial charge in [0.05, 0.1) is 22.6 Å². The molecule has 0 bridgehead atoms. The average Bonchev–Trinajstić information content (AvgIpc) is 2.90. The Labute approximate surface area is 133 Å². The van der Waals surface area contributed by atoms with Crippen LogP contribution in [0.2, 0.25) is 5.02 Å². The number of nitrogens with zero attached hydrogens (tertiary/aromatic N) is 1. The van der Waals surface area contributed by atoms with E-state index in [1.165, 1.54) is 11.3 Å². The monoisotopic (exact) mass is 340 g/mol. The van der Waals surface area contributed by atoms with Crippen LogP contribution in [0.4, 0.5) is 11.4 Å². The van der Waals surface area contributed by atoms with Crippen molar-refractivity contribution in [3.63, 3.8) is 0 Å². The smallest absolute Gasteiger partial charge is 0.338 e. The minimum absolute atomic E-state index is 0.0747. The zero-order chi connectivity index (χ0) is 16.3. The van der Waals surface area contributed by atoms with Crippen LogP contribution < -0.4 is 5.32 Å². The van der Waals surface area contributed by atoms with E-state index < -0.39 is 28.1 Å². The molecule has 1 heterocycles. The summed E-state index contributed by atoms with van der Waals surface area (Å²) >= 11 is 7.13. The van der Waals surface area contributed by atoms with Gasteiger partial charge in [0.2, 0.25) is 5.91 Å². The van der Waals surface area contributed by atoms with Gasteiger partial charge in [-0.05, 0) is 17.5 Å². The lowest BCUT2D eigenvalue weighted by Crippen LogP contribution is -2.16. The van der Waals surface area contributed by atoms with Crippen LogP contribution in [-0.4, -0.2) is 21.9 Å². The quantitative estimate of drug-likeness (QED) is 0.641. The summed E-state index contributed by atoms with van der Waals surface area (Å²) in [5.41, 5.74) is -1.00. The van der Waals surface area contributed by atoms with Crippen molar-refractivity contribution < 1.29 is 19.6 Å². The SMILES string of the molecule is O=C(Cc1cccs1)Nc1cc(Cl)c([N+](=O)[O-])cc1C(=O)O. The van der Waals surface area contributed by atoms with E-state index in [2.05, 4.69) is 5.32 Å². The second-order valence-electron chi connectivity index (χ2n) is 4.22. The first-order chi connectivity index (χ1) is 10.4. The summed E-state index contributed by atoms with van der Waals surface area (Å²) in [6.07, 6.45) is 0.0747. The van der Waals surface area contributed by atoms with Crippen LogP contribution in [0.5, 0.6) is 0 Å².